The van der Waals surface area contributed by atoms with E-state index in [0.29, 0.717) is 6.61 Å². The zero-order valence-electron chi connectivity index (χ0n) is 16.6. The van der Waals surface area contributed by atoms with Crippen molar-refractivity contribution in [1.82, 2.24) is 0 Å². The molecular weight excluding hydrogens is 328 g/mol. The average molecular weight is 363 g/mol. The van der Waals surface area contributed by atoms with Gasteiger partial charge in [0.25, 0.3) is 0 Å². The Morgan fingerprint density at radius 3 is 1.85 bits per heavy atom. The van der Waals surface area contributed by atoms with Crippen LogP contribution < -0.4 is 0 Å². The van der Waals surface area contributed by atoms with E-state index in [9.17, 15) is 9.59 Å². The SMILES string of the molecule is COC(=O)c1ccccc1C(=O)OCCCCCCCCCCC(C)C. The van der Waals surface area contributed by atoms with Gasteiger partial charge in [-0.05, 0) is 24.5 Å². The molecule has 0 atom stereocenters. The lowest BCUT2D eigenvalue weighted by Crippen LogP contribution is -2.13. The maximum atomic E-state index is 12.1. The van der Waals surface area contributed by atoms with Gasteiger partial charge in [-0.15, -0.1) is 0 Å². The normalized spacial score (nSPS) is 10.8. The van der Waals surface area contributed by atoms with Crippen molar-refractivity contribution in [2.45, 2.75) is 71.6 Å². The van der Waals surface area contributed by atoms with Gasteiger partial charge in [-0.2, -0.15) is 0 Å². The Morgan fingerprint density at radius 1 is 0.808 bits per heavy atom. The van der Waals surface area contributed by atoms with Crippen molar-refractivity contribution >= 4 is 11.9 Å². The first kappa shape index (κ1) is 22.2. The van der Waals surface area contributed by atoms with E-state index in [1.54, 1.807) is 24.3 Å². The Bertz CT molecular complexity index is 537. The number of hydrogen-bond donors (Lipinski definition) is 0. The van der Waals surface area contributed by atoms with Crippen LogP contribution in [0.4, 0.5) is 0 Å². The highest BCUT2D eigenvalue weighted by Crippen LogP contribution is 2.14. The molecule has 0 aliphatic carbocycles. The molecule has 146 valence electrons. The molecule has 0 fully saturated rings. The zero-order chi connectivity index (χ0) is 19.2. The fraction of sp³-hybridized carbons (Fsp3) is 0.636. The van der Waals surface area contributed by atoms with E-state index in [1.165, 1.54) is 52.1 Å². The number of carbonyl (C=O) groups excluding carboxylic acids is 2. The lowest BCUT2D eigenvalue weighted by Gasteiger charge is -2.08. The first-order valence-electron chi connectivity index (χ1n) is 9.90. The van der Waals surface area contributed by atoms with E-state index in [0.717, 1.165) is 18.8 Å². The van der Waals surface area contributed by atoms with Crippen LogP contribution in [-0.2, 0) is 9.47 Å². The maximum Gasteiger partial charge on any atom is 0.339 e. The summed E-state index contributed by atoms with van der Waals surface area (Å²) < 4.78 is 10.00. The lowest BCUT2D eigenvalue weighted by atomic mass is 10.0. The van der Waals surface area contributed by atoms with E-state index in [2.05, 4.69) is 13.8 Å². The van der Waals surface area contributed by atoms with E-state index in [4.69, 9.17) is 9.47 Å². The summed E-state index contributed by atoms with van der Waals surface area (Å²) in [7, 11) is 1.30. The number of carbonyl (C=O) groups is 2. The molecule has 0 spiro atoms. The number of ether oxygens (including phenoxy) is 2. The Morgan fingerprint density at radius 2 is 1.31 bits per heavy atom. The summed E-state index contributed by atoms with van der Waals surface area (Å²) in [5.74, 6) is -0.167. The third-order valence-electron chi connectivity index (χ3n) is 4.46. The van der Waals surface area contributed by atoms with Crippen molar-refractivity contribution in [2.75, 3.05) is 13.7 Å². The fourth-order valence-corrected chi connectivity index (χ4v) is 2.91. The van der Waals surface area contributed by atoms with Crippen LogP contribution in [0.5, 0.6) is 0 Å². The summed E-state index contributed by atoms with van der Waals surface area (Å²) >= 11 is 0. The first-order chi connectivity index (χ1) is 12.6. The molecule has 4 heteroatoms. The Kier molecular flexibility index (Phi) is 11.4. The van der Waals surface area contributed by atoms with Gasteiger partial charge >= 0.3 is 11.9 Å². The van der Waals surface area contributed by atoms with Crippen LogP contribution in [0.25, 0.3) is 0 Å². The van der Waals surface area contributed by atoms with Gasteiger partial charge in [0.2, 0.25) is 0 Å². The molecular formula is C22H34O4. The van der Waals surface area contributed by atoms with Crippen molar-refractivity contribution in [1.29, 1.82) is 0 Å². The van der Waals surface area contributed by atoms with Crippen molar-refractivity contribution in [3.63, 3.8) is 0 Å². The van der Waals surface area contributed by atoms with Gasteiger partial charge in [-0.3, -0.25) is 0 Å². The van der Waals surface area contributed by atoms with Crippen molar-refractivity contribution in [3.8, 4) is 0 Å². The van der Waals surface area contributed by atoms with Crippen LogP contribution in [0.15, 0.2) is 24.3 Å². The van der Waals surface area contributed by atoms with Crippen LogP contribution >= 0.6 is 0 Å². The molecule has 1 aromatic carbocycles. The minimum absolute atomic E-state index is 0.248. The van der Waals surface area contributed by atoms with E-state index in [1.807, 2.05) is 0 Å². The molecule has 1 aromatic rings. The van der Waals surface area contributed by atoms with Crippen molar-refractivity contribution in [2.24, 2.45) is 5.92 Å². The monoisotopic (exact) mass is 362 g/mol. The Labute approximate surface area is 158 Å². The fourth-order valence-electron chi connectivity index (χ4n) is 2.91. The second kappa shape index (κ2) is 13.4. The summed E-state index contributed by atoms with van der Waals surface area (Å²) in [6, 6.07) is 6.58. The molecule has 0 saturated heterocycles. The van der Waals surface area contributed by atoms with Crippen LogP contribution in [0.1, 0.15) is 92.4 Å². The molecule has 0 radical (unpaired) electrons. The van der Waals surface area contributed by atoms with Gasteiger partial charge in [0.05, 0.1) is 24.8 Å². The summed E-state index contributed by atoms with van der Waals surface area (Å²) in [5, 5.41) is 0. The molecule has 26 heavy (non-hydrogen) atoms. The molecule has 0 N–H and O–H groups in total. The van der Waals surface area contributed by atoms with Crippen molar-refractivity contribution in [3.05, 3.63) is 35.4 Å². The molecule has 0 heterocycles. The molecule has 4 nitrogen and oxygen atoms in total. The number of esters is 2. The van der Waals surface area contributed by atoms with E-state index in [-0.39, 0.29) is 11.1 Å². The summed E-state index contributed by atoms with van der Waals surface area (Å²) in [6.45, 7) is 4.95. The summed E-state index contributed by atoms with van der Waals surface area (Å²) in [5.41, 5.74) is 0.512. The topological polar surface area (TPSA) is 52.6 Å². The number of benzene rings is 1. The smallest absolute Gasteiger partial charge is 0.339 e. The molecule has 1 rings (SSSR count). The number of hydrogen-bond acceptors (Lipinski definition) is 4. The highest BCUT2D eigenvalue weighted by Gasteiger charge is 2.17. The minimum atomic E-state index is -0.522. The highest BCUT2D eigenvalue weighted by molar-refractivity contribution is 6.03. The molecule has 0 saturated carbocycles. The van der Waals surface area contributed by atoms with Gasteiger partial charge in [0.1, 0.15) is 0 Å². The second-order valence-electron chi connectivity index (χ2n) is 7.18. The number of methoxy groups -OCH3 is 1. The second-order valence-corrected chi connectivity index (χ2v) is 7.18. The minimum Gasteiger partial charge on any atom is -0.465 e. The molecule has 0 aliphatic rings. The van der Waals surface area contributed by atoms with Crippen molar-refractivity contribution < 1.29 is 19.1 Å². The maximum absolute atomic E-state index is 12.1. The largest absolute Gasteiger partial charge is 0.465 e. The zero-order valence-corrected chi connectivity index (χ0v) is 16.6. The summed E-state index contributed by atoms with van der Waals surface area (Å²) in [4.78, 5) is 23.8. The first-order valence-corrected chi connectivity index (χ1v) is 9.90. The third-order valence-corrected chi connectivity index (χ3v) is 4.46. The van der Waals surface area contributed by atoms with E-state index < -0.39 is 11.9 Å². The van der Waals surface area contributed by atoms with Gasteiger partial charge in [0.15, 0.2) is 0 Å². The predicted molar refractivity (Wildman–Crippen MR) is 104 cm³/mol. The molecule has 0 amide bonds. The lowest BCUT2D eigenvalue weighted by molar-refractivity contribution is 0.0480. The van der Waals surface area contributed by atoms with Gasteiger partial charge < -0.3 is 9.47 Å². The molecule has 0 aromatic heterocycles. The summed E-state index contributed by atoms with van der Waals surface area (Å²) in [6.07, 6.45) is 11.0. The highest BCUT2D eigenvalue weighted by atomic mass is 16.5. The van der Waals surface area contributed by atoms with E-state index >= 15 is 0 Å². The Balaban J connectivity index is 2.12. The standard InChI is InChI=1S/C22H34O4/c1-18(2)14-10-8-6-4-5-7-9-13-17-26-22(24)20-16-12-11-15-19(20)21(23)25-3/h11-12,15-16,18H,4-10,13-14,17H2,1-3H3. The average Bonchev–Trinajstić information content (AvgIpc) is 2.65. The Hall–Kier alpha value is -1.84. The van der Waals surface area contributed by atoms with Crippen LogP contribution in [0, 0.1) is 5.92 Å². The van der Waals surface area contributed by atoms with Crippen LogP contribution in [0.3, 0.4) is 0 Å². The van der Waals surface area contributed by atoms with Gasteiger partial charge in [0, 0.05) is 0 Å². The quantitative estimate of drug-likeness (QED) is 0.329. The number of unbranched alkanes of at least 4 members (excludes halogenated alkanes) is 7. The molecule has 0 bridgehead atoms. The van der Waals surface area contributed by atoms with Crippen LogP contribution in [-0.4, -0.2) is 25.7 Å². The molecule has 0 unspecified atom stereocenters. The molecule has 0 aliphatic heterocycles. The predicted octanol–water partition coefficient (Wildman–Crippen LogP) is 5.80. The van der Waals surface area contributed by atoms with Gasteiger partial charge in [-0.25, -0.2) is 9.59 Å². The van der Waals surface area contributed by atoms with Gasteiger partial charge in [-0.1, -0.05) is 77.3 Å². The third kappa shape index (κ3) is 9.02. The van der Waals surface area contributed by atoms with Crippen LogP contribution in [0.2, 0.25) is 0 Å². The number of rotatable bonds is 13.